The van der Waals surface area contributed by atoms with E-state index in [0.717, 1.165) is 64.1 Å². The minimum Gasteiger partial charge on any atom is -0.333 e. The summed E-state index contributed by atoms with van der Waals surface area (Å²) in [6, 6.07) is 18.9. The molecule has 0 N–H and O–H groups in total. The smallest absolute Gasteiger partial charge is 0.161 e. The first kappa shape index (κ1) is 20.9. The van der Waals surface area contributed by atoms with Gasteiger partial charge in [-0.15, -0.1) is 10.2 Å². The number of pyridine rings is 1. The van der Waals surface area contributed by atoms with Gasteiger partial charge in [0.1, 0.15) is 11.5 Å². The highest BCUT2D eigenvalue weighted by Gasteiger charge is 2.28. The minimum absolute atomic E-state index is 0.338. The number of nitriles is 1. The summed E-state index contributed by atoms with van der Waals surface area (Å²) in [4.78, 5) is 2.29. The van der Waals surface area contributed by atoms with E-state index >= 15 is 0 Å². The summed E-state index contributed by atoms with van der Waals surface area (Å²) in [6.45, 7) is 5.31. The number of likely N-dealkylation sites (tertiary alicyclic amines) is 1. The molecule has 0 bridgehead atoms. The van der Waals surface area contributed by atoms with Gasteiger partial charge in [0.05, 0.1) is 28.8 Å². The Morgan fingerprint density at radius 1 is 1.09 bits per heavy atom. The number of hydrogen-bond acceptors (Lipinski definition) is 5. The summed E-state index contributed by atoms with van der Waals surface area (Å²) < 4.78 is 6.43. The van der Waals surface area contributed by atoms with E-state index in [-0.39, 0.29) is 0 Å². The van der Waals surface area contributed by atoms with Gasteiger partial charge in [-0.2, -0.15) is 10.4 Å². The van der Waals surface area contributed by atoms with Crippen LogP contribution in [0.25, 0.3) is 28.1 Å². The van der Waals surface area contributed by atoms with E-state index in [2.05, 4.69) is 65.3 Å². The van der Waals surface area contributed by atoms with Crippen molar-refractivity contribution in [1.29, 1.82) is 5.26 Å². The monoisotopic (exact) mass is 470 g/mol. The molecule has 1 fully saturated rings. The van der Waals surface area contributed by atoms with Crippen molar-refractivity contribution in [3.63, 3.8) is 0 Å². The fraction of sp³-hybridized carbons (Fsp3) is 0.280. The maximum atomic E-state index is 8.81. The topological polar surface area (TPSA) is 80.0 Å². The Kier molecular flexibility index (Phi) is 5.09. The van der Waals surface area contributed by atoms with Crippen LogP contribution in [-0.2, 0) is 6.54 Å². The first-order valence-electron chi connectivity index (χ1n) is 11.3. The first-order chi connectivity index (χ1) is 16.6. The SMILES string of the molecule is Cc1nnc2ccc3c(cc(-c4ccn(C5CN(CCC#N)C5)n4)n3Cc3cccc(Cl)c3)n12. The Balaban J connectivity index is 1.42. The second-order valence-electron chi connectivity index (χ2n) is 8.79. The van der Waals surface area contributed by atoms with Crippen LogP contribution in [0.4, 0.5) is 0 Å². The third-order valence-corrected chi connectivity index (χ3v) is 6.79. The summed E-state index contributed by atoms with van der Waals surface area (Å²) in [5, 5.41) is 23.1. The number of benzene rings is 1. The molecule has 0 spiro atoms. The Bertz CT molecular complexity index is 1550. The molecule has 4 aromatic heterocycles. The summed E-state index contributed by atoms with van der Waals surface area (Å²) in [5.41, 5.74) is 6.05. The molecule has 0 aliphatic carbocycles. The van der Waals surface area contributed by atoms with Crippen LogP contribution < -0.4 is 0 Å². The van der Waals surface area contributed by atoms with E-state index in [9.17, 15) is 0 Å². The quantitative estimate of drug-likeness (QED) is 0.369. The predicted molar refractivity (Wildman–Crippen MR) is 131 cm³/mol. The van der Waals surface area contributed by atoms with Crippen LogP contribution in [0.3, 0.4) is 0 Å². The molecule has 1 aliphatic rings. The number of hydrogen-bond donors (Lipinski definition) is 0. The molecule has 0 atom stereocenters. The lowest BCUT2D eigenvalue weighted by atomic mass is 10.1. The molecule has 170 valence electrons. The molecule has 6 rings (SSSR count). The molecule has 5 aromatic rings. The molecular weight excluding hydrogens is 448 g/mol. The summed E-state index contributed by atoms with van der Waals surface area (Å²) in [6.07, 6.45) is 2.63. The van der Waals surface area contributed by atoms with Crippen LogP contribution >= 0.6 is 11.6 Å². The summed E-state index contributed by atoms with van der Waals surface area (Å²) >= 11 is 6.28. The summed E-state index contributed by atoms with van der Waals surface area (Å²) in [7, 11) is 0. The molecule has 1 saturated heterocycles. The zero-order valence-electron chi connectivity index (χ0n) is 18.8. The molecule has 1 aliphatic heterocycles. The third-order valence-electron chi connectivity index (χ3n) is 6.55. The van der Waals surface area contributed by atoms with Crippen LogP contribution in [0.1, 0.15) is 23.9 Å². The number of rotatable bonds is 6. The lowest BCUT2D eigenvalue weighted by Gasteiger charge is -2.38. The zero-order chi connectivity index (χ0) is 23.2. The lowest BCUT2D eigenvalue weighted by Crippen LogP contribution is -2.48. The van der Waals surface area contributed by atoms with Gasteiger partial charge in [-0.05, 0) is 48.9 Å². The van der Waals surface area contributed by atoms with Gasteiger partial charge in [-0.1, -0.05) is 23.7 Å². The zero-order valence-corrected chi connectivity index (χ0v) is 19.5. The van der Waals surface area contributed by atoms with Crippen molar-refractivity contribution in [2.75, 3.05) is 19.6 Å². The Morgan fingerprint density at radius 3 is 2.79 bits per heavy atom. The molecular formula is C25H23ClN8. The van der Waals surface area contributed by atoms with Gasteiger partial charge >= 0.3 is 0 Å². The highest BCUT2D eigenvalue weighted by atomic mass is 35.5. The molecule has 5 heterocycles. The molecule has 0 saturated carbocycles. The van der Waals surface area contributed by atoms with Crippen molar-refractivity contribution in [2.45, 2.75) is 25.9 Å². The number of aryl methyl sites for hydroxylation is 1. The first-order valence-corrected chi connectivity index (χ1v) is 11.7. The van der Waals surface area contributed by atoms with Crippen molar-refractivity contribution in [3.8, 4) is 17.5 Å². The standard InChI is InChI=1S/C25H23ClN8/c1-17-28-29-25-7-6-22-24(34(17)25)13-23(32(22)14-18-4-2-5-19(26)12-18)21-8-11-33(30-21)20-15-31(16-20)10-3-9-27/h2,4-8,11-13,20H,3,10,14-16H2,1H3. The third kappa shape index (κ3) is 3.54. The van der Waals surface area contributed by atoms with Crippen molar-refractivity contribution in [2.24, 2.45) is 0 Å². The maximum absolute atomic E-state index is 8.81. The van der Waals surface area contributed by atoms with Gasteiger partial charge < -0.3 is 4.57 Å². The minimum atomic E-state index is 0.338. The number of nitrogens with zero attached hydrogens (tertiary/aromatic N) is 8. The lowest BCUT2D eigenvalue weighted by molar-refractivity contribution is 0.101. The fourth-order valence-corrected chi connectivity index (χ4v) is 5.03. The van der Waals surface area contributed by atoms with E-state index in [1.165, 1.54) is 0 Å². The van der Waals surface area contributed by atoms with E-state index in [0.29, 0.717) is 19.0 Å². The number of fused-ring (bicyclic) bond motifs is 3. The average Bonchev–Trinajstić information content (AvgIpc) is 3.51. The van der Waals surface area contributed by atoms with Crippen LogP contribution in [0.2, 0.25) is 5.02 Å². The van der Waals surface area contributed by atoms with Crippen molar-refractivity contribution in [3.05, 3.63) is 71.1 Å². The van der Waals surface area contributed by atoms with Gasteiger partial charge in [0.15, 0.2) is 5.65 Å². The Hall–Kier alpha value is -3.67. The molecule has 1 aromatic carbocycles. The fourth-order valence-electron chi connectivity index (χ4n) is 4.82. The molecule has 8 nitrogen and oxygen atoms in total. The predicted octanol–water partition coefficient (Wildman–Crippen LogP) is 4.33. The second kappa shape index (κ2) is 8.28. The highest BCUT2D eigenvalue weighted by Crippen LogP contribution is 2.31. The maximum Gasteiger partial charge on any atom is 0.161 e. The molecule has 9 heteroatoms. The van der Waals surface area contributed by atoms with E-state index in [4.69, 9.17) is 22.0 Å². The van der Waals surface area contributed by atoms with Gasteiger partial charge in [0.2, 0.25) is 0 Å². The molecule has 34 heavy (non-hydrogen) atoms. The highest BCUT2D eigenvalue weighted by molar-refractivity contribution is 6.30. The van der Waals surface area contributed by atoms with E-state index in [1.807, 2.05) is 31.2 Å². The normalized spacial score (nSPS) is 14.6. The molecule has 0 amide bonds. The van der Waals surface area contributed by atoms with E-state index < -0.39 is 0 Å². The summed E-state index contributed by atoms with van der Waals surface area (Å²) in [5.74, 6) is 0.851. The van der Waals surface area contributed by atoms with Crippen molar-refractivity contribution >= 4 is 28.3 Å². The average molecular weight is 471 g/mol. The Labute approximate surface area is 201 Å². The molecule has 0 radical (unpaired) electrons. The van der Waals surface area contributed by atoms with Crippen LogP contribution in [0.15, 0.2) is 54.7 Å². The van der Waals surface area contributed by atoms with Gasteiger partial charge in [-0.25, -0.2) is 0 Å². The van der Waals surface area contributed by atoms with Crippen molar-refractivity contribution in [1.82, 2.24) is 33.8 Å². The van der Waals surface area contributed by atoms with Crippen LogP contribution in [-0.4, -0.2) is 53.5 Å². The Morgan fingerprint density at radius 2 is 1.97 bits per heavy atom. The van der Waals surface area contributed by atoms with Gasteiger partial charge in [-0.3, -0.25) is 14.0 Å². The van der Waals surface area contributed by atoms with Gasteiger partial charge in [0.25, 0.3) is 0 Å². The second-order valence-corrected chi connectivity index (χ2v) is 9.23. The molecule has 0 unspecified atom stereocenters. The van der Waals surface area contributed by atoms with Crippen LogP contribution in [0.5, 0.6) is 0 Å². The number of halogens is 1. The van der Waals surface area contributed by atoms with E-state index in [1.54, 1.807) is 0 Å². The van der Waals surface area contributed by atoms with Crippen molar-refractivity contribution < 1.29 is 0 Å². The van der Waals surface area contributed by atoms with Crippen LogP contribution in [0, 0.1) is 18.3 Å². The largest absolute Gasteiger partial charge is 0.333 e. The number of aromatic nitrogens is 6. The van der Waals surface area contributed by atoms with Gasteiger partial charge in [0, 0.05) is 43.8 Å².